The Labute approximate surface area is 113 Å². The molecule has 0 aliphatic rings. The Balaban J connectivity index is 2.00. The fraction of sp³-hybridized carbons (Fsp3) is 0. The molecular weight excluding hydrogens is 264 g/mol. The number of hydrogen-bond acceptors (Lipinski definition) is 2. The molecule has 4 heteroatoms. The highest BCUT2D eigenvalue weighted by atomic mass is 32.1. The third-order valence-corrected chi connectivity index (χ3v) is 3.78. The number of thiazole rings is 1. The summed E-state index contributed by atoms with van der Waals surface area (Å²) >= 11 is 1.41. The van der Waals surface area contributed by atoms with Crippen molar-refractivity contribution in [1.82, 2.24) is 4.98 Å². The predicted molar refractivity (Wildman–Crippen MR) is 72.9 cm³/mol. The highest BCUT2D eigenvalue weighted by molar-refractivity contribution is 7.18. The Morgan fingerprint density at radius 3 is 2.16 bits per heavy atom. The Morgan fingerprint density at radius 1 is 0.842 bits per heavy atom. The van der Waals surface area contributed by atoms with E-state index in [1.54, 1.807) is 24.4 Å². The van der Waals surface area contributed by atoms with Gasteiger partial charge < -0.3 is 0 Å². The van der Waals surface area contributed by atoms with Gasteiger partial charge in [0.05, 0.1) is 4.88 Å². The maximum atomic E-state index is 13.2. The average molecular weight is 273 g/mol. The standard InChI is InChI=1S/C15H9F2NS/c16-12-5-1-3-10(7-12)14-9-18-15(19-14)11-4-2-6-13(17)8-11/h1-9H. The van der Waals surface area contributed by atoms with Crippen LogP contribution in [0.15, 0.2) is 54.7 Å². The van der Waals surface area contributed by atoms with Gasteiger partial charge in [0.1, 0.15) is 16.6 Å². The number of aromatic nitrogens is 1. The largest absolute Gasteiger partial charge is 0.244 e. The molecule has 0 saturated heterocycles. The Morgan fingerprint density at radius 2 is 1.47 bits per heavy atom. The Bertz CT molecular complexity index is 661. The minimum absolute atomic E-state index is 0.279. The molecule has 0 unspecified atom stereocenters. The summed E-state index contributed by atoms with van der Waals surface area (Å²) in [7, 11) is 0. The second-order valence-corrected chi connectivity index (χ2v) is 5.08. The molecule has 0 aliphatic carbocycles. The molecule has 1 heterocycles. The van der Waals surface area contributed by atoms with Gasteiger partial charge in [-0.15, -0.1) is 11.3 Å². The van der Waals surface area contributed by atoms with Crippen LogP contribution in [0.4, 0.5) is 8.78 Å². The topological polar surface area (TPSA) is 12.9 Å². The highest BCUT2D eigenvalue weighted by Crippen LogP contribution is 2.32. The maximum absolute atomic E-state index is 13.2. The van der Waals surface area contributed by atoms with E-state index in [1.165, 1.54) is 35.6 Å². The van der Waals surface area contributed by atoms with Crippen molar-refractivity contribution in [2.75, 3.05) is 0 Å². The molecule has 0 atom stereocenters. The van der Waals surface area contributed by atoms with Crippen molar-refractivity contribution in [2.45, 2.75) is 0 Å². The molecule has 0 bridgehead atoms. The number of halogens is 2. The lowest BCUT2D eigenvalue weighted by atomic mass is 10.2. The van der Waals surface area contributed by atoms with Crippen LogP contribution in [-0.2, 0) is 0 Å². The molecule has 1 nitrogen and oxygen atoms in total. The zero-order valence-corrected chi connectivity index (χ0v) is 10.6. The van der Waals surface area contributed by atoms with Gasteiger partial charge in [0.15, 0.2) is 0 Å². The predicted octanol–water partition coefficient (Wildman–Crippen LogP) is 4.76. The van der Waals surface area contributed by atoms with E-state index in [-0.39, 0.29) is 11.6 Å². The summed E-state index contributed by atoms with van der Waals surface area (Å²) in [6.45, 7) is 0. The van der Waals surface area contributed by atoms with Crippen LogP contribution in [0.2, 0.25) is 0 Å². The monoisotopic (exact) mass is 273 g/mol. The summed E-state index contributed by atoms with van der Waals surface area (Å²) in [4.78, 5) is 5.12. The zero-order chi connectivity index (χ0) is 13.2. The first-order valence-electron chi connectivity index (χ1n) is 5.70. The number of rotatable bonds is 2. The van der Waals surface area contributed by atoms with E-state index in [1.807, 2.05) is 6.07 Å². The van der Waals surface area contributed by atoms with Crippen molar-refractivity contribution in [3.05, 3.63) is 66.4 Å². The summed E-state index contributed by atoms with van der Waals surface area (Å²) in [5, 5.41) is 0.721. The van der Waals surface area contributed by atoms with Crippen molar-refractivity contribution < 1.29 is 8.78 Å². The summed E-state index contributed by atoms with van der Waals surface area (Å²) in [5.74, 6) is -0.571. The molecule has 0 spiro atoms. The number of benzene rings is 2. The van der Waals surface area contributed by atoms with E-state index in [9.17, 15) is 8.78 Å². The third-order valence-electron chi connectivity index (χ3n) is 2.69. The number of hydrogen-bond donors (Lipinski definition) is 0. The smallest absolute Gasteiger partial charge is 0.123 e. The average Bonchev–Trinajstić information content (AvgIpc) is 2.88. The Hall–Kier alpha value is -2.07. The molecule has 0 saturated carbocycles. The van der Waals surface area contributed by atoms with E-state index in [2.05, 4.69) is 4.98 Å². The Kier molecular flexibility index (Phi) is 3.09. The second-order valence-electron chi connectivity index (χ2n) is 4.05. The first-order valence-corrected chi connectivity index (χ1v) is 6.52. The van der Waals surface area contributed by atoms with Gasteiger partial charge in [-0.2, -0.15) is 0 Å². The molecule has 0 radical (unpaired) electrons. The lowest BCUT2D eigenvalue weighted by Crippen LogP contribution is -1.77. The van der Waals surface area contributed by atoms with Crippen LogP contribution in [-0.4, -0.2) is 4.98 Å². The summed E-state index contributed by atoms with van der Waals surface area (Å²) in [6, 6.07) is 12.6. The molecule has 2 aromatic carbocycles. The minimum Gasteiger partial charge on any atom is -0.244 e. The fourth-order valence-electron chi connectivity index (χ4n) is 1.80. The molecular formula is C15H9F2NS. The van der Waals surface area contributed by atoms with E-state index < -0.39 is 0 Å². The molecule has 3 aromatic rings. The molecule has 1 aromatic heterocycles. The molecule has 0 aliphatic heterocycles. The van der Waals surface area contributed by atoms with Gasteiger partial charge in [-0.3, -0.25) is 0 Å². The van der Waals surface area contributed by atoms with E-state index in [4.69, 9.17) is 0 Å². The van der Waals surface area contributed by atoms with Gasteiger partial charge in [-0.25, -0.2) is 13.8 Å². The lowest BCUT2D eigenvalue weighted by molar-refractivity contribution is 0.628. The second kappa shape index (κ2) is 4.90. The first-order chi connectivity index (χ1) is 9.22. The zero-order valence-electron chi connectivity index (χ0n) is 9.81. The van der Waals surface area contributed by atoms with Crippen LogP contribution in [0.25, 0.3) is 21.0 Å². The first kappa shape index (κ1) is 12.0. The van der Waals surface area contributed by atoms with E-state index in [0.717, 1.165) is 21.0 Å². The van der Waals surface area contributed by atoms with Gasteiger partial charge >= 0.3 is 0 Å². The molecule has 3 rings (SSSR count). The van der Waals surface area contributed by atoms with Crippen LogP contribution >= 0.6 is 11.3 Å². The fourth-order valence-corrected chi connectivity index (χ4v) is 2.71. The number of nitrogens with zero attached hydrogens (tertiary/aromatic N) is 1. The van der Waals surface area contributed by atoms with Crippen LogP contribution in [0.1, 0.15) is 0 Å². The summed E-state index contributed by atoms with van der Waals surface area (Å²) in [6.07, 6.45) is 1.68. The third kappa shape index (κ3) is 2.53. The lowest BCUT2D eigenvalue weighted by Gasteiger charge is -1.97. The maximum Gasteiger partial charge on any atom is 0.123 e. The molecule has 0 N–H and O–H groups in total. The van der Waals surface area contributed by atoms with Gasteiger partial charge in [-0.1, -0.05) is 24.3 Å². The molecule has 94 valence electrons. The van der Waals surface area contributed by atoms with Crippen LogP contribution in [0, 0.1) is 11.6 Å². The normalized spacial score (nSPS) is 10.6. The summed E-state index contributed by atoms with van der Waals surface area (Å²) in [5.41, 5.74) is 1.51. The van der Waals surface area contributed by atoms with Crippen LogP contribution < -0.4 is 0 Å². The molecule has 19 heavy (non-hydrogen) atoms. The van der Waals surface area contributed by atoms with Crippen molar-refractivity contribution >= 4 is 11.3 Å². The SMILES string of the molecule is Fc1cccc(-c2cnc(-c3cccc(F)c3)s2)c1. The van der Waals surface area contributed by atoms with Crippen LogP contribution in [0.5, 0.6) is 0 Å². The van der Waals surface area contributed by atoms with Gasteiger partial charge in [0.25, 0.3) is 0 Å². The van der Waals surface area contributed by atoms with E-state index >= 15 is 0 Å². The molecule has 0 fully saturated rings. The quantitative estimate of drug-likeness (QED) is 0.656. The van der Waals surface area contributed by atoms with Crippen LogP contribution in [0.3, 0.4) is 0 Å². The van der Waals surface area contributed by atoms with Crippen molar-refractivity contribution in [1.29, 1.82) is 0 Å². The highest BCUT2D eigenvalue weighted by Gasteiger charge is 2.07. The summed E-state index contributed by atoms with van der Waals surface area (Å²) < 4.78 is 26.3. The molecule has 0 amide bonds. The van der Waals surface area contributed by atoms with Gasteiger partial charge in [0.2, 0.25) is 0 Å². The van der Waals surface area contributed by atoms with Gasteiger partial charge in [-0.05, 0) is 29.8 Å². The van der Waals surface area contributed by atoms with E-state index in [0.29, 0.717) is 0 Å². The van der Waals surface area contributed by atoms with Crippen molar-refractivity contribution in [3.8, 4) is 21.0 Å². The minimum atomic E-state index is -0.292. The van der Waals surface area contributed by atoms with Gasteiger partial charge in [0, 0.05) is 11.8 Å². The van der Waals surface area contributed by atoms with Crippen molar-refractivity contribution in [3.63, 3.8) is 0 Å². The van der Waals surface area contributed by atoms with Crippen molar-refractivity contribution in [2.24, 2.45) is 0 Å².